The van der Waals surface area contributed by atoms with Crippen LogP contribution in [-0.4, -0.2) is 9.55 Å². The molecule has 0 aliphatic rings. The number of pyridine rings is 1. The third kappa shape index (κ3) is 3.60. The molecule has 43 heavy (non-hydrogen) atoms. The topological polar surface area (TPSA) is 34.2 Å². The lowest BCUT2D eigenvalue weighted by Gasteiger charge is -2.25. The van der Waals surface area contributed by atoms with E-state index in [-0.39, 0.29) is 0 Å². The van der Waals surface area contributed by atoms with E-state index in [1.54, 1.807) is 0 Å². The number of furan rings is 1. The summed E-state index contributed by atoms with van der Waals surface area (Å²) in [6, 6.07) is 49.1. The van der Waals surface area contributed by atoms with Crippen LogP contribution in [0.4, 0.5) is 17.1 Å². The van der Waals surface area contributed by atoms with Gasteiger partial charge >= 0.3 is 0 Å². The number of hydrogen-bond acceptors (Lipinski definition) is 3. The van der Waals surface area contributed by atoms with Crippen molar-refractivity contribution < 1.29 is 4.42 Å². The van der Waals surface area contributed by atoms with Gasteiger partial charge in [-0.25, -0.2) is 0 Å². The first kappa shape index (κ1) is 23.8. The van der Waals surface area contributed by atoms with Crippen LogP contribution in [0, 0.1) is 0 Å². The number of anilines is 3. The number of aromatic nitrogens is 2. The van der Waals surface area contributed by atoms with Gasteiger partial charge in [-0.15, -0.1) is 0 Å². The van der Waals surface area contributed by atoms with Crippen LogP contribution in [0.5, 0.6) is 0 Å². The Bertz CT molecular complexity index is 2470. The molecule has 0 fully saturated rings. The fourth-order valence-electron chi connectivity index (χ4n) is 6.58. The molecule has 0 aliphatic heterocycles. The Morgan fingerprint density at radius 1 is 0.535 bits per heavy atom. The van der Waals surface area contributed by atoms with Gasteiger partial charge < -0.3 is 13.9 Å². The Morgan fingerprint density at radius 2 is 1.28 bits per heavy atom. The summed E-state index contributed by atoms with van der Waals surface area (Å²) in [5, 5.41) is 7.09. The zero-order valence-corrected chi connectivity index (χ0v) is 23.2. The molecule has 9 rings (SSSR count). The van der Waals surface area contributed by atoms with E-state index >= 15 is 0 Å². The molecular weight excluding hydrogens is 526 g/mol. The largest absolute Gasteiger partial charge is 0.454 e. The molecule has 0 bridgehead atoms. The minimum atomic E-state index is 0.814. The molecule has 0 amide bonds. The quantitative estimate of drug-likeness (QED) is 0.218. The number of nitrogens with zero attached hydrogens (tertiary/aromatic N) is 3. The summed E-state index contributed by atoms with van der Waals surface area (Å²) >= 11 is 0. The minimum Gasteiger partial charge on any atom is -0.454 e. The van der Waals surface area contributed by atoms with E-state index in [9.17, 15) is 0 Å². The lowest BCUT2D eigenvalue weighted by molar-refractivity contribution is 0.668. The zero-order valence-electron chi connectivity index (χ0n) is 23.2. The van der Waals surface area contributed by atoms with Crippen molar-refractivity contribution >= 4 is 71.6 Å². The summed E-state index contributed by atoms with van der Waals surface area (Å²) in [6.45, 7) is 0. The Labute approximate surface area is 247 Å². The fraction of sp³-hybridized carbons (Fsp3) is 0. The van der Waals surface area contributed by atoms with Gasteiger partial charge in [-0.2, -0.15) is 0 Å². The first-order chi connectivity index (χ1) is 21.3. The van der Waals surface area contributed by atoms with E-state index in [0.717, 1.165) is 44.7 Å². The molecule has 0 spiro atoms. The summed E-state index contributed by atoms with van der Waals surface area (Å²) in [5.41, 5.74) is 8.06. The SMILES string of the molecule is c1ccc(N(c2cccc(-n3c4ccccc4c4c5ccccc5ccc43)c2)c2cncc3c2oc2ccccc23)cc1. The molecule has 6 aromatic carbocycles. The summed E-state index contributed by atoms with van der Waals surface area (Å²) in [5.74, 6) is 0. The molecule has 4 nitrogen and oxygen atoms in total. The third-order valence-electron chi connectivity index (χ3n) is 8.43. The standard InChI is InChI=1S/C39H25N3O/c1-2-12-27(13-3-1)41(36-25-40-24-33-31-17-7-9-20-37(31)43-39(33)36)28-14-10-15-29(23-28)42-34-19-8-6-18-32(34)38-30-16-5-4-11-26(30)21-22-35(38)42/h1-25H. The van der Waals surface area contributed by atoms with E-state index in [1.165, 1.54) is 32.6 Å². The van der Waals surface area contributed by atoms with Crippen molar-refractivity contribution in [1.82, 2.24) is 9.55 Å². The van der Waals surface area contributed by atoms with Crippen LogP contribution in [0.3, 0.4) is 0 Å². The van der Waals surface area contributed by atoms with Crippen LogP contribution < -0.4 is 4.90 Å². The maximum absolute atomic E-state index is 6.48. The van der Waals surface area contributed by atoms with E-state index < -0.39 is 0 Å². The summed E-state index contributed by atoms with van der Waals surface area (Å²) in [4.78, 5) is 6.92. The van der Waals surface area contributed by atoms with Crippen molar-refractivity contribution in [2.24, 2.45) is 0 Å². The molecule has 3 aromatic heterocycles. The fourth-order valence-corrected chi connectivity index (χ4v) is 6.58. The predicted octanol–water partition coefficient (Wildman–Crippen LogP) is 10.7. The maximum Gasteiger partial charge on any atom is 0.162 e. The van der Waals surface area contributed by atoms with Crippen molar-refractivity contribution in [3.05, 3.63) is 152 Å². The second-order valence-corrected chi connectivity index (χ2v) is 10.9. The van der Waals surface area contributed by atoms with Gasteiger partial charge in [0.05, 0.1) is 17.2 Å². The van der Waals surface area contributed by atoms with Crippen LogP contribution in [0.15, 0.2) is 156 Å². The molecular formula is C39H25N3O. The molecule has 0 radical (unpaired) electrons. The second-order valence-electron chi connectivity index (χ2n) is 10.9. The molecule has 0 aliphatic carbocycles. The van der Waals surface area contributed by atoms with Crippen molar-refractivity contribution in [3.63, 3.8) is 0 Å². The summed E-state index contributed by atoms with van der Waals surface area (Å²) in [7, 11) is 0. The Hall–Kier alpha value is -5.87. The van der Waals surface area contributed by atoms with Crippen LogP contribution in [0.1, 0.15) is 0 Å². The van der Waals surface area contributed by atoms with Gasteiger partial charge in [0, 0.05) is 44.8 Å². The lowest BCUT2D eigenvalue weighted by atomic mass is 10.0. The Balaban J connectivity index is 1.31. The average Bonchev–Trinajstić information content (AvgIpc) is 3.62. The summed E-state index contributed by atoms with van der Waals surface area (Å²) in [6.07, 6.45) is 3.80. The van der Waals surface area contributed by atoms with E-state index in [2.05, 4.69) is 130 Å². The van der Waals surface area contributed by atoms with Crippen LogP contribution in [0.2, 0.25) is 0 Å². The van der Waals surface area contributed by atoms with Gasteiger partial charge in [-0.1, -0.05) is 91.0 Å². The second kappa shape index (κ2) is 9.33. The normalized spacial score (nSPS) is 11.7. The first-order valence-electron chi connectivity index (χ1n) is 14.5. The third-order valence-corrected chi connectivity index (χ3v) is 8.43. The number of benzene rings is 6. The van der Waals surface area contributed by atoms with Gasteiger partial charge in [-0.05, 0) is 59.3 Å². The van der Waals surface area contributed by atoms with E-state index in [4.69, 9.17) is 4.42 Å². The van der Waals surface area contributed by atoms with Crippen molar-refractivity contribution in [3.8, 4) is 5.69 Å². The van der Waals surface area contributed by atoms with Gasteiger partial charge in [-0.3, -0.25) is 4.98 Å². The lowest BCUT2D eigenvalue weighted by Crippen LogP contribution is -2.11. The van der Waals surface area contributed by atoms with Crippen LogP contribution in [-0.2, 0) is 0 Å². The van der Waals surface area contributed by atoms with Gasteiger partial charge in [0.25, 0.3) is 0 Å². The zero-order chi connectivity index (χ0) is 28.3. The molecule has 0 N–H and O–H groups in total. The molecule has 3 heterocycles. The molecule has 0 saturated carbocycles. The highest BCUT2D eigenvalue weighted by atomic mass is 16.3. The monoisotopic (exact) mass is 551 g/mol. The molecule has 0 atom stereocenters. The van der Waals surface area contributed by atoms with E-state index in [0.29, 0.717) is 0 Å². The highest BCUT2D eigenvalue weighted by molar-refractivity contribution is 6.21. The molecule has 0 unspecified atom stereocenters. The van der Waals surface area contributed by atoms with Crippen molar-refractivity contribution in [2.45, 2.75) is 0 Å². The smallest absolute Gasteiger partial charge is 0.162 e. The van der Waals surface area contributed by atoms with Gasteiger partial charge in [0.1, 0.15) is 11.3 Å². The van der Waals surface area contributed by atoms with Gasteiger partial charge in [0.2, 0.25) is 0 Å². The maximum atomic E-state index is 6.48. The molecule has 4 heteroatoms. The Morgan fingerprint density at radius 3 is 2.19 bits per heavy atom. The number of rotatable bonds is 4. The average molecular weight is 552 g/mol. The van der Waals surface area contributed by atoms with Gasteiger partial charge in [0.15, 0.2) is 5.58 Å². The predicted molar refractivity (Wildman–Crippen MR) is 178 cm³/mol. The van der Waals surface area contributed by atoms with E-state index in [1.807, 2.05) is 36.7 Å². The first-order valence-corrected chi connectivity index (χ1v) is 14.5. The molecule has 9 aromatic rings. The highest BCUT2D eigenvalue weighted by Gasteiger charge is 2.21. The number of fused-ring (bicyclic) bond motifs is 8. The van der Waals surface area contributed by atoms with Crippen LogP contribution >= 0.6 is 0 Å². The Kier molecular flexibility index (Phi) is 5.16. The number of para-hydroxylation sites is 3. The molecule has 202 valence electrons. The van der Waals surface area contributed by atoms with Crippen molar-refractivity contribution in [1.29, 1.82) is 0 Å². The van der Waals surface area contributed by atoms with Crippen molar-refractivity contribution in [2.75, 3.05) is 4.90 Å². The minimum absolute atomic E-state index is 0.814. The molecule has 0 saturated heterocycles. The van der Waals surface area contributed by atoms with Crippen LogP contribution in [0.25, 0.3) is 60.2 Å². The number of hydrogen-bond donors (Lipinski definition) is 0. The summed E-state index contributed by atoms with van der Waals surface area (Å²) < 4.78 is 8.86. The highest BCUT2D eigenvalue weighted by Crippen LogP contribution is 2.43.